The lowest BCUT2D eigenvalue weighted by atomic mass is 10.2. The minimum absolute atomic E-state index is 0.109. The maximum atomic E-state index is 13.0. The first-order valence-corrected chi connectivity index (χ1v) is 17.1. The molecule has 1 saturated heterocycles. The Morgan fingerprint density at radius 2 is 1.78 bits per heavy atom. The van der Waals surface area contributed by atoms with Crippen LogP contribution in [0.5, 0.6) is 0 Å². The summed E-state index contributed by atoms with van der Waals surface area (Å²) in [5.41, 5.74) is 9.57. The Kier molecular flexibility index (Phi) is 10.0. The van der Waals surface area contributed by atoms with E-state index in [-0.39, 0.29) is 30.5 Å². The highest BCUT2D eigenvalue weighted by molar-refractivity contribution is 7.90. The number of amides is 2. The topological polar surface area (TPSA) is 122 Å². The number of hydrogen-bond acceptors (Lipinski definition) is 8. The molecule has 0 atom stereocenters. The van der Waals surface area contributed by atoms with Crippen molar-refractivity contribution in [3.8, 4) is 10.4 Å². The molecule has 0 spiro atoms. The SMILES string of the molecule is CS(=O)(=O)c1cccc(-c2ccc(C(C=C(N)CN3CCN(C(=O)OCc4ccccc4)CC3=O)=Nc3ccccc3Cl)s2)c1. The lowest BCUT2D eigenvalue weighted by Crippen LogP contribution is -2.53. The summed E-state index contributed by atoms with van der Waals surface area (Å²) in [5, 5.41) is 0.463. The predicted molar refractivity (Wildman–Crippen MR) is 178 cm³/mol. The van der Waals surface area contributed by atoms with Crippen LogP contribution in [0.2, 0.25) is 5.02 Å². The van der Waals surface area contributed by atoms with Gasteiger partial charge in [0.15, 0.2) is 9.84 Å². The van der Waals surface area contributed by atoms with Crippen molar-refractivity contribution in [1.82, 2.24) is 9.80 Å². The summed E-state index contributed by atoms with van der Waals surface area (Å²) >= 11 is 7.84. The number of sulfone groups is 1. The quantitative estimate of drug-likeness (QED) is 0.222. The normalized spacial score (nSPS) is 14.5. The highest BCUT2D eigenvalue weighted by Gasteiger charge is 2.28. The first-order valence-electron chi connectivity index (χ1n) is 14.0. The van der Waals surface area contributed by atoms with E-state index in [0.29, 0.717) is 35.2 Å². The van der Waals surface area contributed by atoms with E-state index < -0.39 is 15.9 Å². The molecule has 4 aromatic rings. The molecule has 1 fully saturated rings. The third kappa shape index (κ3) is 8.39. The Morgan fingerprint density at radius 3 is 2.51 bits per heavy atom. The maximum Gasteiger partial charge on any atom is 0.410 e. The molecule has 2 amide bonds. The van der Waals surface area contributed by atoms with Gasteiger partial charge in [-0.3, -0.25) is 9.69 Å². The van der Waals surface area contributed by atoms with Crippen LogP contribution in [0.25, 0.3) is 10.4 Å². The zero-order valence-electron chi connectivity index (χ0n) is 24.4. The van der Waals surface area contributed by atoms with Crippen LogP contribution >= 0.6 is 22.9 Å². The molecular formula is C33H31ClN4O5S2. The Balaban J connectivity index is 1.32. The summed E-state index contributed by atoms with van der Waals surface area (Å²) in [5.74, 6) is -0.247. The third-order valence-corrected chi connectivity index (χ3v) is 9.56. The maximum absolute atomic E-state index is 13.0. The molecule has 0 aliphatic carbocycles. The van der Waals surface area contributed by atoms with Gasteiger partial charge in [0, 0.05) is 29.9 Å². The molecule has 12 heteroatoms. The van der Waals surface area contributed by atoms with Crippen LogP contribution in [-0.2, 0) is 26.0 Å². The standard InChI is InChI=1S/C33H31ClN4O5S2/c1-45(41,42)26-11-7-10-24(18-26)30-14-15-31(44-30)29(36-28-13-6-5-12-27(28)34)19-25(35)20-37-16-17-38(21-32(37)39)33(40)43-22-23-8-3-2-4-9-23/h2-15,18-19H,16-17,20-22,35H2,1H3. The second-order valence-electron chi connectivity index (χ2n) is 10.4. The Hall–Kier alpha value is -4.45. The molecule has 2 heterocycles. The number of nitrogens with two attached hydrogens (primary N) is 1. The van der Waals surface area contributed by atoms with Gasteiger partial charge in [-0.2, -0.15) is 0 Å². The number of thiophene rings is 1. The summed E-state index contributed by atoms with van der Waals surface area (Å²) in [6.07, 6.45) is 2.34. The van der Waals surface area contributed by atoms with Crippen molar-refractivity contribution >= 4 is 56.2 Å². The van der Waals surface area contributed by atoms with Crippen molar-refractivity contribution in [2.75, 3.05) is 32.4 Å². The number of allylic oxidation sites excluding steroid dienone is 1. The van der Waals surface area contributed by atoms with Gasteiger partial charge in [0.2, 0.25) is 5.91 Å². The Labute approximate surface area is 271 Å². The number of hydrogen-bond donors (Lipinski definition) is 1. The first kappa shape index (κ1) is 32.0. The molecule has 2 N–H and O–H groups in total. The fourth-order valence-electron chi connectivity index (χ4n) is 4.63. The number of nitrogens with zero attached hydrogens (tertiary/aromatic N) is 3. The lowest BCUT2D eigenvalue weighted by molar-refractivity contribution is -0.134. The zero-order chi connectivity index (χ0) is 32.0. The minimum Gasteiger partial charge on any atom is -0.445 e. The van der Waals surface area contributed by atoms with Crippen LogP contribution in [0.3, 0.4) is 0 Å². The number of aliphatic imine (C=N–C) groups is 1. The molecule has 232 valence electrons. The average molecular weight is 663 g/mol. The van der Waals surface area contributed by atoms with E-state index in [1.165, 1.54) is 22.5 Å². The molecule has 0 unspecified atom stereocenters. The number of piperazine rings is 1. The largest absolute Gasteiger partial charge is 0.445 e. The highest BCUT2D eigenvalue weighted by atomic mass is 35.5. The molecule has 1 aliphatic rings. The van der Waals surface area contributed by atoms with Crippen molar-refractivity contribution in [2.45, 2.75) is 11.5 Å². The van der Waals surface area contributed by atoms with E-state index in [4.69, 9.17) is 27.1 Å². The molecule has 1 aliphatic heterocycles. The molecule has 0 radical (unpaired) electrons. The molecule has 5 rings (SSSR count). The smallest absolute Gasteiger partial charge is 0.410 e. The van der Waals surface area contributed by atoms with Crippen molar-refractivity contribution in [2.24, 2.45) is 10.7 Å². The number of carbonyl (C=O) groups excluding carboxylic acids is 2. The number of para-hydroxylation sites is 1. The second kappa shape index (κ2) is 14.1. The third-order valence-electron chi connectivity index (χ3n) is 6.98. The van der Waals surface area contributed by atoms with Gasteiger partial charge in [-0.15, -0.1) is 11.3 Å². The number of ether oxygens (including phenoxy) is 1. The summed E-state index contributed by atoms with van der Waals surface area (Å²) in [7, 11) is -3.37. The summed E-state index contributed by atoms with van der Waals surface area (Å²) < 4.78 is 29.6. The van der Waals surface area contributed by atoms with Gasteiger partial charge in [-0.1, -0.05) is 66.2 Å². The Bertz CT molecular complexity index is 1870. The van der Waals surface area contributed by atoms with Gasteiger partial charge < -0.3 is 15.4 Å². The average Bonchev–Trinajstić information content (AvgIpc) is 3.52. The molecular weight excluding hydrogens is 632 g/mol. The minimum atomic E-state index is -3.37. The van der Waals surface area contributed by atoms with E-state index in [1.54, 1.807) is 41.3 Å². The number of benzene rings is 3. The number of carbonyl (C=O) groups is 2. The van der Waals surface area contributed by atoms with E-state index in [9.17, 15) is 18.0 Å². The molecule has 45 heavy (non-hydrogen) atoms. The van der Waals surface area contributed by atoms with Crippen LogP contribution < -0.4 is 5.73 Å². The fraction of sp³-hybridized carbons (Fsp3) is 0.182. The molecule has 0 bridgehead atoms. The van der Waals surface area contributed by atoms with Crippen molar-refractivity contribution in [3.05, 3.63) is 118 Å². The van der Waals surface area contributed by atoms with E-state index in [0.717, 1.165) is 20.9 Å². The van der Waals surface area contributed by atoms with Crippen LogP contribution in [0, 0.1) is 0 Å². The van der Waals surface area contributed by atoms with Gasteiger partial charge in [0.25, 0.3) is 0 Å². The van der Waals surface area contributed by atoms with Gasteiger partial charge in [0.05, 0.1) is 32.7 Å². The highest BCUT2D eigenvalue weighted by Crippen LogP contribution is 2.32. The summed E-state index contributed by atoms with van der Waals surface area (Å²) in [6.45, 7) is 0.772. The van der Waals surface area contributed by atoms with E-state index in [1.807, 2.05) is 60.7 Å². The number of rotatable bonds is 9. The lowest BCUT2D eigenvalue weighted by Gasteiger charge is -2.33. The second-order valence-corrected chi connectivity index (χ2v) is 13.9. The Morgan fingerprint density at radius 1 is 1.02 bits per heavy atom. The van der Waals surface area contributed by atoms with Crippen LogP contribution in [0.15, 0.2) is 113 Å². The summed E-state index contributed by atoms with van der Waals surface area (Å²) in [4.78, 5) is 35.2. The fourth-order valence-corrected chi connectivity index (χ4v) is 6.43. The molecule has 3 aromatic carbocycles. The van der Waals surface area contributed by atoms with E-state index in [2.05, 4.69) is 0 Å². The monoisotopic (exact) mass is 662 g/mol. The molecule has 9 nitrogen and oxygen atoms in total. The first-order chi connectivity index (χ1) is 21.6. The van der Waals surface area contributed by atoms with Gasteiger partial charge in [-0.25, -0.2) is 18.2 Å². The zero-order valence-corrected chi connectivity index (χ0v) is 26.8. The van der Waals surface area contributed by atoms with Crippen molar-refractivity contribution in [3.63, 3.8) is 0 Å². The number of halogens is 1. The van der Waals surface area contributed by atoms with Crippen molar-refractivity contribution < 1.29 is 22.7 Å². The molecule has 0 saturated carbocycles. The van der Waals surface area contributed by atoms with Gasteiger partial charge in [-0.05, 0) is 53.6 Å². The van der Waals surface area contributed by atoms with Crippen LogP contribution in [0.1, 0.15) is 10.4 Å². The van der Waals surface area contributed by atoms with Crippen LogP contribution in [0.4, 0.5) is 10.5 Å². The molecule has 1 aromatic heterocycles. The summed E-state index contributed by atoms with van der Waals surface area (Å²) in [6, 6.07) is 27.1. The van der Waals surface area contributed by atoms with Crippen molar-refractivity contribution in [1.29, 1.82) is 0 Å². The van der Waals surface area contributed by atoms with Gasteiger partial charge in [0.1, 0.15) is 13.2 Å². The van der Waals surface area contributed by atoms with Gasteiger partial charge >= 0.3 is 6.09 Å². The van der Waals surface area contributed by atoms with Crippen LogP contribution in [-0.4, -0.2) is 68.4 Å². The van der Waals surface area contributed by atoms with E-state index >= 15 is 0 Å². The predicted octanol–water partition coefficient (Wildman–Crippen LogP) is 5.92.